The summed E-state index contributed by atoms with van der Waals surface area (Å²) in [5.74, 6) is -0.794. The highest BCUT2D eigenvalue weighted by Gasteiger charge is 2.31. The van der Waals surface area contributed by atoms with Crippen molar-refractivity contribution in [1.82, 2.24) is 4.90 Å². The standard InChI is InChI=1S/C10H18N2O3/c1-10(7-13)2-4-12(5-3-10)9(15)6-8(11)14/h13H,2-7H2,1H3,(H2,11,14). The zero-order chi connectivity index (χ0) is 11.5. The van der Waals surface area contributed by atoms with Gasteiger partial charge in [0.25, 0.3) is 0 Å². The molecule has 1 heterocycles. The predicted octanol–water partition coefficient (Wildman–Crippen LogP) is -0.517. The minimum absolute atomic E-state index is 0.0799. The van der Waals surface area contributed by atoms with Crippen molar-refractivity contribution < 1.29 is 14.7 Å². The van der Waals surface area contributed by atoms with Gasteiger partial charge in [0, 0.05) is 19.7 Å². The van der Waals surface area contributed by atoms with Gasteiger partial charge in [-0.3, -0.25) is 9.59 Å². The lowest BCUT2D eigenvalue weighted by atomic mass is 9.81. The summed E-state index contributed by atoms with van der Waals surface area (Å²) in [6, 6.07) is 0. The summed E-state index contributed by atoms with van der Waals surface area (Å²) < 4.78 is 0. The van der Waals surface area contributed by atoms with E-state index >= 15 is 0 Å². The molecule has 0 spiro atoms. The number of piperidine rings is 1. The van der Waals surface area contributed by atoms with Gasteiger partial charge < -0.3 is 15.7 Å². The van der Waals surface area contributed by atoms with Gasteiger partial charge in [0.15, 0.2) is 0 Å². The molecule has 2 amide bonds. The molecule has 86 valence electrons. The lowest BCUT2D eigenvalue weighted by Crippen LogP contribution is -2.44. The fourth-order valence-electron chi connectivity index (χ4n) is 1.71. The third-order valence-corrected chi connectivity index (χ3v) is 3.03. The summed E-state index contributed by atoms with van der Waals surface area (Å²) >= 11 is 0. The van der Waals surface area contributed by atoms with Crippen molar-refractivity contribution in [3.8, 4) is 0 Å². The van der Waals surface area contributed by atoms with Crippen LogP contribution in [0.25, 0.3) is 0 Å². The van der Waals surface area contributed by atoms with Gasteiger partial charge in [-0.2, -0.15) is 0 Å². The number of hydrogen-bond donors (Lipinski definition) is 2. The Hall–Kier alpha value is -1.10. The minimum atomic E-state index is -0.588. The number of carbonyl (C=O) groups is 2. The molecule has 0 aliphatic carbocycles. The average molecular weight is 214 g/mol. The fraction of sp³-hybridized carbons (Fsp3) is 0.800. The van der Waals surface area contributed by atoms with Crippen LogP contribution in [-0.2, 0) is 9.59 Å². The molecule has 0 aromatic carbocycles. The third kappa shape index (κ3) is 3.20. The number of primary amides is 1. The fourth-order valence-corrected chi connectivity index (χ4v) is 1.71. The van der Waals surface area contributed by atoms with E-state index in [1.165, 1.54) is 0 Å². The predicted molar refractivity (Wildman–Crippen MR) is 54.8 cm³/mol. The molecule has 5 nitrogen and oxygen atoms in total. The van der Waals surface area contributed by atoms with Crippen molar-refractivity contribution in [1.29, 1.82) is 0 Å². The second kappa shape index (κ2) is 4.61. The highest BCUT2D eigenvalue weighted by molar-refractivity contribution is 5.96. The molecular weight excluding hydrogens is 196 g/mol. The quantitative estimate of drug-likeness (QED) is 0.620. The van der Waals surface area contributed by atoms with Crippen LogP contribution in [0.15, 0.2) is 0 Å². The van der Waals surface area contributed by atoms with Crippen LogP contribution >= 0.6 is 0 Å². The van der Waals surface area contributed by atoms with Crippen LogP contribution in [-0.4, -0.2) is 41.5 Å². The third-order valence-electron chi connectivity index (χ3n) is 3.03. The summed E-state index contributed by atoms with van der Waals surface area (Å²) in [5, 5.41) is 9.14. The molecule has 0 unspecified atom stereocenters. The summed E-state index contributed by atoms with van der Waals surface area (Å²) in [4.78, 5) is 23.7. The van der Waals surface area contributed by atoms with Crippen LogP contribution in [0.5, 0.6) is 0 Å². The highest BCUT2D eigenvalue weighted by atomic mass is 16.3. The molecule has 0 saturated carbocycles. The Balaban J connectivity index is 2.43. The van der Waals surface area contributed by atoms with Gasteiger partial charge in [-0.1, -0.05) is 6.92 Å². The molecule has 1 rings (SSSR count). The summed E-state index contributed by atoms with van der Waals surface area (Å²) in [6.07, 6.45) is 1.33. The van der Waals surface area contributed by atoms with E-state index < -0.39 is 5.91 Å². The van der Waals surface area contributed by atoms with Crippen LogP contribution in [0.2, 0.25) is 0 Å². The van der Waals surface area contributed by atoms with E-state index in [9.17, 15) is 9.59 Å². The molecule has 3 N–H and O–H groups in total. The van der Waals surface area contributed by atoms with E-state index in [0.29, 0.717) is 13.1 Å². The number of aliphatic hydroxyl groups is 1. The molecule has 1 fully saturated rings. The number of hydrogen-bond acceptors (Lipinski definition) is 3. The lowest BCUT2D eigenvalue weighted by molar-refractivity contribution is -0.137. The van der Waals surface area contributed by atoms with Crippen LogP contribution in [0, 0.1) is 5.41 Å². The van der Waals surface area contributed by atoms with Gasteiger partial charge in [0.05, 0.1) is 0 Å². The van der Waals surface area contributed by atoms with Crippen LogP contribution in [0.4, 0.5) is 0 Å². The van der Waals surface area contributed by atoms with Crippen molar-refractivity contribution in [2.75, 3.05) is 19.7 Å². The van der Waals surface area contributed by atoms with E-state index in [-0.39, 0.29) is 24.3 Å². The Kier molecular flexibility index (Phi) is 3.68. The Bertz CT molecular complexity index is 257. The number of rotatable bonds is 3. The van der Waals surface area contributed by atoms with Crippen molar-refractivity contribution in [3.63, 3.8) is 0 Å². The van der Waals surface area contributed by atoms with Gasteiger partial charge in [-0.05, 0) is 18.3 Å². The Morgan fingerprint density at radius 3 is 2.33 bits per heavy atom. The molecule has 0 bridgehead atoms. The summed E-state index contributed by atoms with van der Waals surface area (Å²) in [7, 11) is 0. The minimum Gasteiger partial charge on any atom is -0.396 e. The largest absolute Gasteiger partial charge is 0.396 e. The number of nitrogens with zero attached hydrogens (tertiary/aromatic N) is 1. The molecule has 5 heteroatoms. The van der Waals surface area contributed by atoms with E-state index in [4.69, 9.17) is 10.8 Å². The zero-order valence-electron chi connectivity index (χ0n) is 9.03. The van der Waals surface area contributed by atoms with Gasteiger partial charge in [0.2, 0.25) is 11.8 Å². The highest BCUT2D eigenvalue weighted by Crippen LogP contribution is 2.30. The molecule has 1 aliphatic heterocycles. The van der Waals surface area contributed by atoms with Gasteiger partial charge in [0.1, 0.15) is 6.42 Å². The molecule has 1 saturated heterocycles. The lowest BCUT2D eigenvalue weighted by Gasteiger charge is -2.38. The Morgan fingerprint density at radius 1 is 1.40 bits per heavy atom. The smallest absolute Gasteiger partial charge is 0.231 e. The maximum atomic E-state index is 11.5. The average Bonchev–Trinajstić information content (AvgIpc) is 2.18. The van der Waals surface area contributed by atoms with Gasteiger partial charge >= 0.3 is 0 Å². The zero-order valence-corrected chi connectivity index (χ0v) is 9.03. The van der Waals surface area contributed by atoms with Crippen molar-refractivity contribution in [2.24, 2.45) is 11.1 Å². The van der Waals surface area contributed by atoms with Gasteiger partial charge in [-0.25, -0.2) is 0 Å². The van der Waals surface area contributed by atoms with Crippen molar-refractivity contribution in [2.45, 2.75) is 26.2 Å². The molecule has 1 aliphatic rings. The molecule has 0 aromatic rings. The second-order valence-corrected chi connectivity index (χ2v) is 4.49. The first kappa shape index (κ1) is 12.0. The van der Waals surface area contributed by atoms with Crippen LogP contribution in [0.1, 0.15) is 26.2 Å². The Labute approximate surface area is 89.2 Å². The number of nitrogens with two attached hydrogens (primary N) is 1. The van der Waals surface area contributed by atoms with Gasteiger partial charge in [-0.15, -0.1) is 0 Å². The van der Waals surface area contributed by atoms with Crippen molar-refractivity contribution in [3.05, 3.63) is 0 Å². The number of likely N-dealkylation sites (tertiary alicyclic amines) is 1. The maximum absolute atomic E-state index is 11.5. The normalized spacial score (nSPS) is 20.0. The topological polar surface area (TPSA) is 83.6 Å². The number of aliphatic hydroxyl groups excluding tert-OH is 1. The van der Waals surface area contributed by atoms with E-state index in [1.807, 2.05) is 6.92 Å². The monoisotopic (exact) mass is 214 g/mol. The first-order valence-corrected chi connectivity index (χ1v) is 5.14. The molecule has 0 aromatic heterocycles. The SMILES string of the molecule is CC1(CO)CCN(C(=O)CC(N)=O)CC1. The number of amides is 2. The molecular formula is C10H18N2O3. The second-order valence-electron chi connectivity index (χ2n) is 4.49. The maximum Gasteiger partial charge on any atom is 0.231 e. The molecule has 15 heavy (non-hydrogen) atoms. The number of carbonyl (C=O) groups excluding carboxylic acids is 2. The first-order chi connectivity index (χ1) is 6.97. The Morgan fingerprint density at radius 2 is 1.93 bits per heavy atom. The first-order valence-electron chi connectivity index (χ1n) is 5.14. The van der Waals surface area contributed by atoms with E-state index in [1.54, 1.807) is 4.90 Å². The molecule has 0 radical (unpaired) electrons. The van der Waals surface area contributed by atoms with Crippen molar-refractivity contribution >= 4 is 11.8 Å². The van der Waals surface area contributed by atoms with E-state index in [0.717, 1.165) is 12.8 Å². The van der Waals surface area contributed by atoms with Crippen LogP contribution < -0.4 is 5.73 Å². The summed E-state index contributed by atoms with van der Waals surface area (Å²) in [5.41, 5.74) is 4.87. The summed E-state index contributed by atoms with van der Waals surface area (Å²) in [6.45, 7) is 3.35. The van der Waals surface area contributed by atoms with E-state index in [2.05, 4.69) is 0 Å². The van der Waals surface area contributed by atoms with Crippen LogP contribution in [0.3, 0.4) is 0 Å². The molecule has 0 atom stereocenters.